The number of rotatable bonds is 6. The van der Waals surface area contributed by atoms with Crippen molar-refractivity contribution < 1.29 is 4.42 Å². The van der Waals surface area contributed by atoms with Gasteiger partial charge in [-0.1, -0.05) is 152 Å². The quantitative estimate of drug-likeness (QED) is 0.178. The Morgan fingerprint density at radius 2 is 0.942 bits per heavy atom. The number of hydrogen-bond donors (Lipinski definition) is 0. The average Bonchev–Trinajstić information content (AvgIpc) is 3.82. The van der Waals surface area contributed by atoms with Gasteiger partial charge in [0, 0.05) is 33.3 Å². The van der Waals surface area contributed by atoms with Crippen molar-refractivity contribution >= 4 is 32.9 Å². The predicted octanol–water partition coefficient (Wildman–Crippen LogP) is 12.7. The van der Waals surface area contributed by atoms with Gasteiger partial charge >= 0.3 is 0 Å². The summed E-state index contributed by atoms with van der Waals surface area (Å²) >= 11 is 0. The van der Waals surface area contributed by atoms with Crippen LogP contribution in [-0.2, 0) is 0 Å². The summed E-state index contributed by atoms with van der Waals surface area (Å²) in [6.07, 6.45) is 0. The minimum atomic E-state index is 0.846. The largest absolute Gasteiger partial charge is 0.455 e. The Labute approximate surface area is 300 Å². The van der Waals surface area contributed by atoms with Gasteiger partial charge in [0.05, 0.1) is 27.6 Å². The van der Waals surface area contributed by atoms with Gasteiger partial charge in [-0.3, -0.25) is 4.57 Å². The van der Waals surface area contributed by atoms with Gasteiger partial charge in [-0.2, -0.15) is 0 Å². The van der Waals surface area contributed by atoms with Crippen molar-refractivity contribution in [1.29, 1.82) is 0 Å². The highest BCUT2D eigenvalue weighted by atomic mass is 16.3. The highest BCUT2D eigenvalue weighted by Gasteiger charge is 2.24. The number of para-hydroxylation sites is 4. The lowest BCUT2D eigenvalue weighted by molar-refractivity contribution is 0.636. The zero-order valence-corrected chi connectivity index (χ0v) is 28.1. The summed E-state index contributed by atoms with van der Waals surface area (Å²) in [5.74, 6) is 1.77. The first-order valence-electron chi connectivity index (χ1n) is 17.5. The van der Waals surface area contributed by atoms with E-state index in [-0.39, 0.29) is 0 Å². The zero-order valence-electron chi connectivity index (χ0n) is 28.1. The lowest BCUT2D eigenvalue weighted by Crippen LogP contribution is -1.97. The van der Waals surface area contributed by atoms with Crippen molar-refractivity contribution in [2.24, 2.45) is 0 Å². The molecular formula is C48H31N3O. The number of fused-ring (bicyclic) bond motifs is 4. The van der Waals surface area contributed by atoms with Gasteiger partial charge in [-0.15, -0.1) is 0 Å². The van der Waals surface area contributed by atoms with Gasteiger partial charge in [0.25, 0.3) is 0 Å². The molecule has 0 aliphatic carbocycles. The average molecular weight is 666 g/mol. The highest BCUT2D eigenvalue weighted by molar-refractivity contribution is 6.16. The van der Waals surface area contributed by atoms with E-state index in [0.29, 0.717) is 0 Å². The summed E-state index contributed by atoms with van der Waals surface area (Å²) in [6, 6.07) is 65.3. The number of furan rings is 1. The van der Waals surface area contributed by atoms with Crippen molar-refractivity contribution in [3.63, 3.8) is 0 Å². The van der Waals surface area contributed by atoms with Gasteiger partial charge in [0.1, 0.15) is 17.2 Å². The molecule has 0 bridgehead atoms. The fourth-order valence-electron chi connectivity index (χ4n) is 7.36. The molecule has 0 spiro atoms. The van der Waals surface area contributed by atoms with Crippen molar-refractivity contribution in [3.05, 3.63) is 188 Å². The van der Waals surface area contributed by atoms with Crippen LogP contribution in [0.4, 0.5) is 0 Å². The summed E-state index contributed by atoms with van der Waals surface area (Å²) < 4.78 is 9.10. The van der Waals surface area contributed by atoms with Crippen molar-refractivity contribution in [2.75, 3.05) is 0 Å². The van der Waals surface area contributed by atoms with Gasteiger partial charge < -0.3 is 4.42 Å². The molecule has 3 heterocycles. The zero-order chi connectivity index (χ0) is 34.4. The number of benzene rings is 7. The van der Waals surface area contributed by atoms with Crippen LogP contribution in [0.2, 0.25) is 0 Å². The third-order valence-corrected chi connectivity index (χ3v) is 9.83. The number of pyridine rings is 1. The minimum absolute atomic E-state index is 0.846. The van der Waals surface area contributed by atoms with E-state index in [1.807, 2.05) is 36.4 Å². The second kappa shape index (κ2) is 12.4. The molecule has 244 valence electrons. The first kappa shape index (κ1) is 29.8. The second-order valence-corrected chi connectivity index (χ2v) is 13.0. The van der Waals surface area contributed by atoms with Gasteiger partial charge in [-0.25, -0.2) is 9.97 Å². The van der Waals surface area contributed by atoms with E-state index >= 15 is 0 Å². The molecule has 7 aromatic carbocycles. The Morgan fingerprint density at radius 1 is 0.404 bits per heavy atom. The molecule has 0 N–H and O–H groups in total. The Balaban J connectivity index is 1.08. The minimum Gasteiger partial charge on any atom is -0.455 e. The fraction of sp³-hybridized carbons (Fsp3) is 0. The summed E-state index contributed by atoms with van der Waals surface area (Å²) in [4.78, 5) is 10.3. The van der Waals surface area contributed by atoms with E-state index < -0.39 is 0 Å². The molecule has 4 heteroatoms. The maximum Gasteiger partial charge on any atom is 0.147 e. The van der Waals surface area contributed by atoms with E-state index in [1.54, 1.807) is 0 Å². The molecule has 10 rings (SSSR count). The second-order valence-electron chi connectivity index (χ2n) is 13.0. The van der Waals surface area contributed by atoms with Crippen LogP contribution >= 0.6 is 0 Å². The first-order valence-corrected chi connectivity index (χ1v) is 17.5. The molecule has 0 radical (unpaired) electrons. The molecule has 0 atom stereocenters. The molecular weight excluding hydrogens is 635 g/mol. The Kier molecular flexibility index (Phi) is 7.10. The molecule has 0 fully saturated rings. The Bertz CT molecular complexity index is 2850. The van der Waals surface area contributed by atoms with Crippen LogP contribution < -0.4 is 0 Å². The Morgan fingerprint density at radius 3 is 1.63 bits per heavy atom. The smallest absolute Gasteiger partial charge is 0.147 e. The number of imidazole rings is 1. The van der Waals surface area contributed by atoms with Crippen LogP contribution in [0, 0.1) is 0 Å². The number of hydrogen-bond acceptors (Lipinski definition) is 3. The lowest BCUT2D eigenvalue weighted by Gasteiger charge is -2.11. The third kappa shape index (κ3) is 5.00. The monoisotopic (exact) mass is 665 g/mol. The summed E-state index contributed by atoms with van der Waals surface area (Å²) in [6.45, 7) is 0. The summed E-state index contributed by atoms with van der Waals surface area (Å²) in [5.41, 5.74) is 13.3. The van der Waals surface area contributed by atoms with E-state index in [4.69, 9.17) is 14.4 Å². The van der Waals surface area contributed by atoms with Gasteiger partial charge in [-0.05, 0) is 53.1 Å². The molecule has 3 aromatic heterocycles. The van der Waals surface area contributed by atoms with E-state index in [2.05, 4.69) is 156 Å². The maximum atomic E-state index is 6.86. The van der Waals surface area contributed by atoms with Crippen LogP contribution in [0.3, 0.4) is 0 Å². The third-order valence-electron chi connectivity index (χ3n) is 9.83. The van der Waals surface area contributed by atoms with Crippen LogP contribution in [0.1, 0.15) is 0 Å². The van der Waals surface area contributed by atoms with E-state index in [0.717, 1.165) is 94.8 Å². The maximum absolute atomic E-state index is 6.86. The predicted molar refractivity (Wildman–Crippen MR) is 213 cm³/mol. The first-order chi connectivity index (χ1) is 25.8. The van der Waals surface area contributed by atoms with E-state index in [1.165, 1.54) is 0 Å². The SMILES string of the molecule is c1ccc(-c2oc3c(c(-c4ccc(-c5ccc(-c6nc7ccccc7n6-c6ccccc6)cc5)cc4)nc4ccccc43)c2-c2ccccc2)cc1. The van der Waals surface area contributed by atoms with E-state index in [9.17, 15) is 0 Å². The lowest BCUT2D eigenvalue weighted by atomic mass is 9.94. The normalized spacial score (nSPS) is 11.5. The number of nitrogens with zero attached hydrogens (tertiary/aromatic N) is 3. The molecule has 52 heavy (non-hydrogen) atoms. The van der Waals surface area contributed by atoms with Crippen LogP contribution in [0.15, 0.2) is 192 Å². The molecule has 0 amide bonds. The fourth-order valence-corrected chi connectivity index (χ4v) is 7.36. The number of aromatic nitrogens is 3. The molecule has 0 saturated heterocycles. The van der Waals surface area contributed by atoms with Crippen molar-refractivity contribution in [1.82, 2.24) is 14.5 Å². The molecule has 10 aromatic rings. The molecule has 0 unspecified atom stereocenters. The van der Waals surface area contributed by atoms with Crippen LogP contribution in [-0.4, -0.2) is 14.5 Å². The topological polar surface area (TPSA) is 43.9 Å². The summed E-state index contributed by atoms with van der Waals surface area (Å²) in [7, 11) is 0. The standard InChI is InChI=1S/C48H31N3O/c1-4-14-34(15-5-1)43-44-45(49-40-21-11-10-20-39(40)47(44)52-46(43)36-16-6-2-7-17-36)35-28-24-32(25-29-35)33-26-30-37(31-27-33)48-50-41-22-12-13-23-42(41)51(48)38-18-8-3-9-19-38/h1-31H. The van der Waals surface area contributed by atoms with Gasteiger partial charge in [0.2, 0.25) is 0 Å². The Hall–Kier alpha value is -7.04. The van der Waals surface area contributed by atoms with Crippen LogP contribution in [0.5, 0.6) is 0 Å². The highest BCUT2D eigenvalue weighted by Crippen LogP contribution is 2.46. The van der Waals surface area contributed by atoms with Crippen molar-refractivity contribution in [2.45, 2.75) is 0 Å². The molecule has 0 aliphatic rings. The molecule has 0 saturated carbocycles. The summed E-state index contributed by atoms with van der Waals surface area (Å²) in [5, 5.41) is 2.01. The van der Waals surface area contributed by atoms with Crippen molar-refractivity contribution in [3.8, 4) is 61.9 Å². The van der Waals surface area contributed by atoms with Gasteiger partial charge in [0.15, 0.2) is 0 Å². The molecule has 0 aliphatic heterocycles. The molecule has 4 nitrogen and oxygen atoms in total. The van der Waals surface area contributed by atoms with Crippen LogP contribution in [0.25, 0.3) is 94.8 Å².